The quantitative estimate of drug-likeness (QED) is 0.614. The van der Waals surface area contributed by atoms with Crippen molar-refractivity contribution in [2.24, 2.45) is 0 Å². The minimum atomic E-state index is -0.0827. The number of hydrogen-bond donors (Lipinski definition) is 2. The summed E-state index contributed by atoms with van der Waals surface area (Å²) in [5.41, 5.74) is 8.63. The third-order valence-corrected chi connectivity index (χ3v) is 4.88. The number of carbonyl (C=O) groups excluding carboxylic acids is 1. The number of benzene rings is 2. The topological polar surface area (TPSA) is 79.6 Å². The van der Waals surface area contributed by atoms with Gasteiger partial charge in [0.05, 0.1) is 12.3 Å². The van der Waals surface area contributed by atoms with Crippen LogP contribution in [0.5, 0.6) is 5.75 Å². The number of aromatic nitrogens is 1. The number of amides is 2. The number of urea groups is 1. The molecule has 3 aromatic rings. The Morgan fingerprint density at radius 2 is 1.93 bits per heavy atom. The lowest BCUT2D eigenvalue weighted by molar-refractivity contribution is 0.204. The number of hydrazine groups is 1. The Labute approximate surface area is 169 Å². The van der Waals surface area contributed by atoms with E-state index in [1.54, 1.807) is 11.2 Å². The average molecular weight is 392 g/mol. The highest BCUT2D eigenvalue weighted by atomic mass is 16.5. The Morgan fingerprint density at radius 3 is 2.69 bits per heavy atom. The maximum Gasteiger partial charge on any atom is 0.333 e. The summed E-state index contributed by atoms with van der Waals surface area (Å²) in [5.74, 6) is 1.43. The third kappa shape index (κ3) is 4.57. The van der Waals surface area contributed by atoms with Crippen LogP contribution in [0.15, 0.2) is 65.3 Å². The summed E-state index contributed by atoms with van der Waals surface area (Å²) >= 11 is 0. The summed E-state index contributed by atoms with van der Waals surface area (Å²) in [6.45, 7) is 3.15. The average Bonchev–Trinajstić information content (AvgIpc) is 3.36. The summed E-state index contributed by atoms with van der Waals surface area (Å²) in [4.78, 5) is 18.0. The van der Waals surface area contributed by atoms with Gasteiger partial charge in [-0.3, -0.25) is 5.43 Å². The number of oxazole rings is 1. The van der Waals surface area contributed by atoms with Crippen LogP contribution < -0.4 is 15.6 Å². The first-order valence-electron chi connectivity index (χ1n) is 9.76. The lowest BCUT2D eigenvalue weighted by atomic mass is 10.1. The standard InChI is InChI=1S/C22H24N4O3/c1-2-26-20(24-25-22(26)27)14-16-8-10-19(11-9-16)28-13-12-18-15-29-21(23-18)17-6-4-3-5-7-17/h3-11,15,20,24H,2,12-14H2,1H3,(H,25,27). The Bertz CT molecular complexity index is 940. The first kappa shape index (κ1) is 19.0. The number of hydrogen-bond acceptors (Lipinski definition) is 5. The van der Waals surface area contributed by atoms with E-state index in [1.807, 2.05) is 61.5 Å². The van der Waals surface area contributed by atoms with E-state index >= 15 is 0 Å². The van der Waals surface area contributed by atoms with Gasteiger partial charge in [-0.2, -0.15) is 0 Å². The maximum atomic E-state index is 11.7. The van der Waals surface area contributed by atoms with Gasteiger partial charge in [-0.1, -0.05) is 30.3 Å². The molecule has 150 valence electrons. The molecule has 0 aliphatic carbocycles. The SMILES string of the molecule is CCN1C(=O)NNC1Cc1ccc(OCCc2coc(-c3ccccc3)n2)cc1. The molecule has 0 saturated carbocycles. The van der Waals surface area contributed by atoms with E-state index < -0.39 is 0 Å². The second kappa shape index (κ2) is 8.79. The van der Waals surface area contributed by atoms with E-state index in [4.69, 9.17) is 9.15 Å². The van der Waals surface area contributed by atoms with E-state index in [0.29, 0.717) is 25.5 Å². The lowest BCUT2D eigenvalue weighted by Gasteiger charge is -2.20. The molecule has 2 heterocycles. The molecule has 0 spiro atoms. The molecule has 4 rings (SSSR count). The molecule has 1 fully saturated rings. The molecule has 2 amide bonds. The summed E-state index contributed by atoms with van der Waals surface area (Å²) < 4.78 is 11.4. The molecule has 0 bridgehead atoms. The number of ether oxygens (including phenoxy) is 1. The van der Waals surface area contributed by atoms with Gasteiger partial charge < -0.3 is 14.1 Å². The van der Waals surface area contributed by atoms with E-state index in [1.165, 1.54) is 0 Å². The second-order valence-electron chi connectivity index (χ2n) is 6.83. The summed E-state index contributed by atoms with van der Waals surface area (Å²) in [7, 11) is 0. The van der Waals surface area contributed by atoms with Crippen LogP contribution >= 0.6 is 0 Å². The van der Waals surface area contributed by atoms with Crippen LogP contribution in [0.2, 0.25) is 0 Å². The van der Waals surface area contributed by atoms with Crippen molar-refractivity contribution in [2.75, 3.05) is 13.2 Å². The summed E-state index contributed by atoms with van der Waals surface area (Å²) in [6.07, 6.45) is 3.04. The Hall–Kier alpha value is -3.32. The number of rotatable bonds is 8. The van der Waals surface area contributed by atoms with E-state index in [0.717, 1.165) is 29.0 Å². The lowest BCUT2D eigenvalue weighted by Crippen LogP contribution is -2.38. The molecular formula is C22H24N4O3. The van der Waals surface area contributed by atoms with Crippen molar-refractivity contribution in [3.63, 3.8) is 0 Å². The van der Waals surface area contributed by atoms with Gasteiger partial charge in [-0.25, -0.2) is 15.2 Å². The Balaban J connectivity index is 1.27. The van der Waals surface area contributed by atoms with Crippen molar-refractivity contribution in [1.82, 2.24) is 20.7 Å². The fraction of sp³-hybridized carbons (Fsp3) is 0.273. The van der Waals surface area contributed by atoms with Crippen molar-refractivity contribution in [2.45, 2.75) is 25.9 Å². The number of nitrogens with one attached hydrogen (secondary N) is 2. The highest BCUT2D eigenvalue weighted by Gasteiger charge is 2.28. The largest absolute Gasteiger partial charge is 0.493 e. The molecule has 2 aromatic carbocycles. The molecule has 29 heavy (non-hydrogen) atoms. The predicted molar refractivity (Wildman–Crippen MR) is 109 cm³/mol. The van der Waals surface area contributed by atoms with Crippen LogP contribution in [0.1, 0.15) is 18.2 Å². The molecule has 0 radical (unpaired) electrons. The summed E-state index contributed by atoms with van der Waals surface area (Å²) in [5, 5.41) is 0. The van der Waals surface area contributed by atoms with Crippen molar-refractivity contribution in [3.05, 3.63) is 72.1 Å². The van der Waals surface area contributed by atoms with Crippen LogP contribution in [0.4, 0.5) is 4.79 Å². The number of likely N-dealkylation sites (N-methyl/N-ethyl adjacent to an activating group) is 1. The molecule has 1 aliphatic rings. The normalized spacial score (nSPS) is 16.1. The van der Waals surface area contributed by atoms with Crippen LogP contribution in [-0.4, -0.2) is 35.2 Å². The van der Waals surface area contributed by atoms with Crippen molar-refractivity contribution < 1.29 is 13.9 Å². The minimum Gasteiger partial charge on any atom is -0.493 e. The highest BCUT2D eigenvalue weighted by Crippen LogP contribution is 2.19. The zero-order valence-electron chi connectivity index (χ0n) is 16.3. The fourth-order valence-corrected chi connectivity index (χ4v) is 3.32. The minimum absolute atomic E-state index is 0.0368. The highest BCUT2D eigenvalue weighted by molar-refractivity contribution is 5.75. The van der Waals surface area contributed by atoms with Gasteiger partial charge in [-0.05, 0) is 36.8 Å². The Kier molecular flexibility index (Phi) is 5.76. The van der Waals surface area contributed by atoms with Gasteiger partial charge in [0, 0.05) is 24.9 Å². The van der Waals surface area contributed by atoms with Crippen LogP contribution in [0.3, 0.4) is 0 Å². The van der Waals surface area contributed by atoms with E-state index in [-0.39, 0.29) is 12.2 Å². The molecule has 7 nitrogen and oxygen atoms in total. The van der Waals surface area contributed by atoms with Gasteiger partial charge in [0.15, 0.2) is 0 Å². The smallest absolute Gasteiger partial charge is 0.333 e. The van der Waals surface area contributed by atoms with Gasteiger partial charge in [0.25, 0.3) is 0 Å². The van der Waals surface area contributed by atoms with Gasteiger partial charge in [-0.15, -0.1) is 0 Å². The first-order chi connectivity index (χ1) is 14.2. The van der Waals surface area contributed by atoms with Crippen LogP contribution in [-0.2, 0) is 12.8 Å². The van der Waals surface area contributed by atoms with Crippen molar-refractivity contribution in [3.8, 4) is 17.2 Å². The van der Waals surface area contributed by atoms with Crippen LogP contribution in [0, 0.1) is 0 Å². The molecule has 1 atom stereocenters. The zero-order valence-corrected chi connectivity index (χ0v) is 16.3. The predicted octanol–water partition coefficient (Wildman–Crippen LogP) is 3.38. The monoisotopic (exact) mass is 392 g/mol. The van der Waals surface area contributed by atoms with Gasteiger partial charge in [0.1, 0.15) is 18.2 Å². The van der Waals surface area contributed by atoms with Crippen LogP contribution in [0.25, 0.3) is 11.5 Å². The molecule has 1 unspecified atom stereocenters. The van der Waals surface area contributed by atoms with Gasteiger partial charge >= 0.3 is 6.03 Å². The zero-order chi connectivity index (χ0) is 20.1. The fourth-order valence-electron chi connectivity index (χ4n) is 3.32. The molecule has 2 N–H and O–H groups in total. The van der Waals surface area contributed by atoms with Gasteiger partial charge in [0.2, 0.25) is 5.89 Å². The van der Waals surface area contributed by atoms with Crippen molar-refractivity contribution in [1.29, 1.82) is 0 Å². The summed E-state index contributed by atoms with van der Waals surface area (Å²) in [6, 6.07) is 17.7. The van der Waals surface area contributed by atoms with Crippen molar-refractivity contribution >= 4 is 6.03 Å². The van der Waals surface area contributed by atoms with E-state index in [2.05, 4.69) is 15.8 Å². The molecule has 1 aromatic heterocycles. The molecule has 7 heteroatoms. The number of nitrogens with zero attached hydrogens (tertiary/aromatic N) is 2. The third-order valence-electron chi connectivity index (χ3n) is 4.88. The molecule has 1 saturated heterocycles. The second-order valence-corrected chi connectivity index (χ2v) is 6.83. The van der Waals surface area contributed by atoms with E-state index in [9.17, 15) is 4.79 Å². The molecular weight excluding hydrogens is 368 g/mol. The first-order valence-corrected chi connectivity index (χ1v) is 9.76. The Morgan fingerprint density at radius 1 is 1.14 bits per heavy atom. The molecule has 1 aliphatic heterocycles. The number of carbonyl (C=O) groups is 1. The maximum absolute atomic E-state index is 11.7.